The molecule has 1 unspecified atom stereocenters. The highest BCUT2D eigenvalue weighted by molar-refractivity contribution is 9.14. The van der Waals surface area contributed by atoms with Crippen LogP contribution < -0.4 is 0 Å². The number of rotatable bonds is 6. The highest BCUT2D eigenvalue weighted by Crippen LogP contribution is 2.24. The molecule has 0 aliphatic rings. The van der Waals surface area contributed by atoms with Crippen LogP contribution in [0.2, 0.25) is 0 Å². The maximum atomic E-state index is 3.53. The van der Waals surface area contributed by atoms with Crippen molar-refractivity contribution in [3.63, 3.8) is 0 Å². The first-order valence-electron chi connectivity index (χ1n) is 4.65. The lowest BCUT2D eigenvalue weighted by Gasteiger charge is -2.09. The molecule has 0 nitrogen and oxygen atoms in total. The van der Waals surface area contributed by atoms with E-state index in [0.29, 0.717) is 0 Å². The van der Waals surface area contributed by atoms with Crippen LogP contribution in [0.4, 0.5) is 0 Å². The minimum absolute atomic E-state index is 0.770. The zero-order valence-corrected chi connectivity index (χ0v) is 10.7. The Labute approximate surface area is 89.3 Å². The molecular formula is C10H19BrS. The van der Waals surface area contributed by atoms with Gasteiger partial charge in [0.05, 0.1) is 0 Å². The van der Waals surface area contributed by atoms with Gasteiger partial charge in [-0.25, -0.2) is 0 Å². The average Bonchev–Trinajstić information content (AvgIpc) is 2.11. The van der Waals surface area contributed by atoms with Crippen LogP contribution in [-0.4, -0.2) is 6.26 Å². The second-order valence-corrected chi connectivity index (χ2v) is 5.21. The lowest BCUT2D eigenvalue weighted by molar-refractivity contribution is 0.540. The second-order valence-electron chi connectivity index (χ2n) is 2.99. The summed E-state index contributed by atoms with van der Waals surface area (Å²) in [6, 6.07) is 0. The predicted octanol–water partition coefficient (Wildman–Crippen LogP) is 4.80. The molecule has 0 aliphatic heterocycles. The summed E-state index contributed by atoms with van der Waals surface area (Å²) in [6.07, 6.45) is 9.71. The summed E-state index contributed by atoms with van der Waals surface area (Å²) in [7, 11) is 0. The Morgan fingerprint density at radius 2 is 2.17 bits per heavy atom. The second kappa shape index (κ2) is 8.18. The van der Waals surface area contributed by atoms with Crippen LogP contribution in [0.3, 0.4) is 0 Å². The summed E-state index contributed by atoms with van der Waals surface area (Å²) in [5.74, 6) is 0.770. The Balaban J connectivity index is 3.81. The van der Waals surface area contributed by atoms with Gasteiger partial charge in [0.1, 0.15) is 0 Å². The third-order valence-electron chi connectivity index (χ3n) is 2.01. The zero-order chi connectivity index (χ0) is 9.40. The largest absolute Gasteiger partial charge is 0.122 e. The average molecular weight is 251 g/mol. The van der Waals surface area contributed by atoms with E-state index in [9.17, 15) is 0 Å². The molecule has 0 aromatic carbocycles. The van der Waals surface area contributed by atoms with E-state index in [1.807, 2.05) is 0 Å². The van der Waals surface area contributed by atoms with Crippen molar-refractivity contribution in [3.8, 4) is 0 Å². The molecule has 0 bridgehead atoms. The number of hydrogen-bond acceptors (Lipinski definition) is 1. The Bertz CT molecular complexity index is 132. The number of thioether (sulfide) groups is 1. The van der Waals surface area contributed by atoms with E-state index >= 15 is 0 Å². The molecule has 72 valence electrons. The maximum Gasteiger partial charge on any atom is 0.0462 e. The first-order valence-corrected chi connectivity index (χ1v) is 6.67. The summed E-state index contributed by atoms with van der Waals surface area (Å²) in [5, 5.41) is 0. The fourth-order valence-electron chi connectivity index (χ4n) is 1.12. The standard InChI is InChI=1S/C10H19BrS/c1-4-6-7-9(5-2)8-10(11)12-3/h8-9H,4-7H2,1-3H3/b10-8-. The van der Waals surface area contributed by atoms with Gasteiger partial charge in [0.15, 0.2) is 0 Å². The van der Waals surface area contributed by atoms with Gasteiger partial charge in [0.25, 0.3) is 0 Å². The van der Waals surface area contributed by atoms with Gasteiger partial charge in [-0.1, -0.05) is 32.8 Å². The molecule has 0 saturated carbocycles. The first kappa shape index (κ1) is 12.6. The number of unbranched alkanes of at least 4 members (excludes halogenated alkanes) is 1. The lowest BCUT2D eigenvalue weighted by atomic mass is 10.00. The van der Waals surface area contributed by atoms with Gasteiger partial charge in [-0.3, -0.25) is 0 Å². The normalized spacial score (nSPS) is 14.8. The molecule has 0 spiro atoms. The van der Waals surface area contributed by atoms with Crippen LogP contribution in [0.15, 0.2) is 9.89 Å². The molecule has 12 heavy (non-hydrogen) atoms. The topological polar surface area (TPSA) is 0 Å². The van der Waals surface area contributed by atoms with Crippen LogP contribution in [0, 0.1) is 5.92 Å². The molecule has 1 atom stereocenters. The smallest absolute Gasteiger partial charge is 0.0462 e. The van der Waals surface area contributed by atoms with Crippen molar-refractivity contribution in [1.82, 2.24) is 0 Å². The van der Waals surface area contributed by atoms with Crippen molar-refractivity contribution >= 4 is 27.7 Å². The van der Waals surface area contributed by atoms with Crippen LogP contribution in [0.1, 0.15) is 39.5 Å². The summed E-state index contributed by atoms with van der Waals surface area (Å²) >= 11 is 5.31. The number of hydrogen-bond donors (Lipinski definition) is 0. The monoisotopic (exact) mass is 250 g/mol. The van der Waals surface area contributed by atoms with Crippen molar-refractivity contribution in [3.05, 3.63) is 9.89 Å². The van der Waals surface area contributed by atoms with Crippen molar-refractivity contribution in [2.45, 2.75) is 39.5 Å². The summed E-state index contributed by atoms with van der Waals surface area (Å²) in [4.78, 5) is 0. The van der Waals surface area contributed by atoms with Gasteiger partial charge >= 0.3 is 0 Å². The van der Waals surface area contributed by atoms with E-state index in [4.69, 9.17) is 0 Å². The van der Waals surface area contributed by atoms with Crippen molar-refractivity contribution in [2.24, 2.45) is 5.92 Å². The molecule has 0 fully saturated rings. The Morgan fingerprint density at radius 1 is 1.50 bits per heavy atom. The van der Waals surface area contributed by atoms with Crippen LogP contribution in [-0.2, 0) is 0 Å². The van der Waals surface area contributed by atoms with E-state index in [1.54, 1.807) is 11.8 Å². The van der Waals surface area contributed by atoms with Crippen molar-refractivity contribution < 1.29 is 0 Å². The van der Waals surface area contributed by atoms with Gasteiger partial charge in [-0.2, -0.15) is 0 Å². The van der Waals surface area contributed by atoms with Gasteiger partial charge in [-0.05, 0) is 40.9 Å². The Hall–Kier alpha value is 0.570. The third kappa shape index (κ3) is 6.13. The van der Waals surface area contributed by atoms with Crippen molar-refractivity contribution in [2.75, 3.05) is 6.26 Å². The summed E-state index contributed by atoms with van der Waals surface area (Å²) in [6.45, 7) is 4.51. The van der Waals surface area contributed by atoms with Gasteiger partial charge in [0.2, 0.25) is 0 Å². The highest BCUT2D eigenvalue weighted by Gasteiger charge is 2.02. The van der Waals surface area contributed by atoms with Crippen LogP contribution in [0.5, 0.6) is 0 Å². The molecular weight excluding hydrogens is 232 g/mol. The molecule has 0 aliphatic carbocycles. The van der Waals surface area contributed by atoms with Crippen molar-refractivity contribution in [1.29, 1.82) is 0 Å². The molecule has 0 amide bonds. The van der Waals surface area contributed by atoms with Gasteiger partial charge in [-0.15, -0.1) is 11.8 Å². The van der Waals surface area contributed by atoms with E-state index in [-0.39, 0.29) is 0 Å². The number of allylic oxidation sites excluding steroid dienone is 1. The van der Waals surface area contributed by atoms with E-state index < -0.39 is 0 Å². The molecule has 0 aromatic rings. The molecule has 0 rings (SSSR count). The van der Waals surface area contributed by atoms with E-state index in [0.717, 1.165) is 5.92 Å². The van der Waals surface area contributed by atoms with Gasteiger partial charge in [0, 0.05) is 3.81 Å². The first-order chi connectivity index (χ1) is 5.74. The molecule has 0 heterocycles. The quantitative estimate of drug-likeness (QED) is 0.653. The van der Waals surface area contributed by atoms with Crippen LogP contribution >= 0.6 is 27.7 Å². The SMILES string of the molecule is CCCCC(/C=C(/Br)SC)CC. The Morgan fingerprint density at radius 3 is 2.58 bits per heavy atom. The van der Waals surface area contributed by atoms with Crippen LogP contribution in [0.25, 0.3) is 0 Å². The number of halogens is 1. The molecule has 0 N–H and O–H groups in total. The molecule has 0 saturated heterocycles. The molecule has 2 heteroatoms. The zero-order valence-electron chi connectivity index (χ0n) is 8.27. The molecule has 0 aromatic heterocycles. The van der Waals surface area contributed by atoms with E-state index in [1.165, 1.54) is 29.5 Å². The minimum atomic E-state index is 0.770. The maximum absolute atomic E-state index is 3.53. The lowest BCUT2D eigenvalue weighted by Crippen LogP contribution is -1.94. The Kier molecular flexibility index (Phi) is 8.57. The minimum Gasteiger partial charge on any atom is -0.122 e. The predicted molar refractivity (Wildman–Crippen MR) is 63.8 cm³/mol. The highest BCUT2D eigenvalue weighted by atomic mass is 79.9. The van der Waals surface area contributed by atoms with E-state index in [2.05, 4.69) is 42.1 Å². The third-order valence-corrected chi connectivity index (χ3v) is 3.78. The molecule has 0 radical (unpaired) electrons. The van der Waals surface area contributed by atoms with Gasteiger partial charge < -0.3 is 0 Å². The fourth-order valence-corrected chi connectivity index (χ4v) is 1.83. The summed E-state index contributed by atoms with van der Waals surface area (Å²) < 4.78 is 1.28. The summed E-state index contributed by atoms with van der Waals surface area (Å²) in [5.41, 5.74) is 0. The fraction of sp³-hybridized carbons (Fsp3) is 0.800.